The lowest BCUT2D eigenvalue weighted by Gasteiger charge is -2.28. The number of carbonyl (C=O) groups excluding carboxylic acids is 2. The Morgan fingerprint density at radius 1 is 0.882 bits per heavy atom. The van der Waals surface area contributed by atoms with Gasteiger partial charge in [0.25, 0.3) is 11.8 Å². The Bertz CT molecular complexity index is 1110. The topological polar surface area (TPSA) is 89.1 Å². The van der Waals surface area contributed by atoms with Crippen molar-refractivity contribution in [2.75, 3.05) is 55.6 Å². The average Bonchev–Trinajstić information content (AvgIpc) is 2.89. The zero-order valence-corrected chi connectivity index (χ0v) is 19.0. The molecule has 2 amide bonds. The van der Waals surface area contributed by atoms with Gasteiger partial charge in [0.2, 0.25) is 0 Å². The van der Waals surface area contributed by atoms with Crippen molar-refractivity contribution in [2.24, 2.45) is 0 Å². The molecule has 0 unspecified atom stereocenters. The van der Waals surface area contributed by atoms with Crippen LogP contribution in [-0.4, -0.2) is 51.8 Å². The van der Waals surface area contributed by atoms with Crippen LogP contribution in [0, 0.1) is 0 Å². The van der Waals surface area contributed by atoms with Gasteiger partial charge in [-0.3, -0.25) is 9.59 Å². The molecule has 1 aliphatic heterocycles. The van der Waals surface area contributed by atoms with E-state index >= 15 is 0 Å². The van der Waals surface area contributed by atoms with Crippen molar-refractivity contribution < 1.29 is 23.8 Å². The van der Waals surface area contributed by atoms with E-state index in [-0.39, 0.29) is 18.4 Å². The van der Waals surface area contributed by atoms with Gasteiger partial charge < -0.3 is 29.7 Å². The van der Waals surface area contributed by atoms with Gasteiger partial charge >= 0.3 is 0 Å². The van der Waals surface area contributed by atoms with E-state index < -0.39 is 0 Å². The van der Waals surface area contributed by atoms with Crippen LogP contribution < -0.4 is 25.0 Å². The monoisotopic (exact) mass is 461 g/mol. The predicted octanol–water partition coefficient (Wildman–Crippen LogP) is 3.80. The summed E-state index contributed by atoms with van der Waals surface area (Å²) < 4.78 is 16.1. The summed E-state index contributed by atoms with van der Waals surface area (Å²) in [4.78, 5) is 27.0. The van der Waals surface area contributed by atoms with Crippen LogP contribution >= 0.6 is 0 Å². The number of morpholine rings is 1. The van der Waals surface area contributed by atoms with Crippen LogP contribution in [0.5, 0.6) is 11.5 Å². The van der Waals surface area contributed by atoms with Crippen molar-refractivity contribution in [1.82, 2.24) is 0 Å². The van der Waals surface area contributed by atoms with Crippen LogP contribution in [0.4, 0.5) is 17.1 Å². The van der Waals surface area contributed by atoms with Gasteiger partial charge in [0.15, 0.2) is 6.61 Å². The highest BCUT2D eigenvalue weighted by Gasteiger charge is 2.12. The number of rotatable bonds is 8. The van der Waals surface area contributed by atoms with E-state index in [2.05, 4.69) is 15.5 Å². The highest BCUT2D eigenvalue weighted by molar-refractivity contribution is 6.04. The molecule has 0 aromatic heterocycles. The largest absolute Gasteiger partial charge is 0.497 e. The smallest absolute Gasteiger partial charge is 0.262 e. The second kappa shape index (κ2) is 11.2. The number of nitrogens with zero attached hydrogens (tertiary/aromatic N) is 1. The molecule has 1 fully saturated rings. The van der Waals surface area contributed by atoms with Crippen molar-refractivity contribution in [3.63, 3.8) is 0 Å². The molecule has 0 spiro atoms. The molecular weight excluding hydrogens is 434 g/mol. The van der Waals surface area contributed by atoms with Crippen LogP contribution in [0.3, 0.4) is 0 Å². The quantitative estimate of drug-likeness (QED) is 0.531. The molecule has 8 nitrogen and oxygen atoms in total. The number of nitrogens with one attached hydrogen (secondary N) is 2. The number of hydrogen-bond donors (Lipinski definition) is 2. The normalized spacial score (nSPS) is 13.1. The summed E-state index contributed by atoms with van der Waals surface area (Å²) in [7, 11) is 1.57. The van der Waals surface area contributed by atoms with Crippen LogP contribution in [0.2, 0.25) is 0 Å². The first-order chi connectivity index (χ1) is 16.6. The molecule has 1 heterocycles. The maximum atomic E-state index is 12.6. The lowest BCUT2D eigenvalue weighted by Crippen LogP contribution is -2.36. The zero-order chi connectivity index (χ0) is 23.8. The second-order valence-electron chi connectivity index (χ2n) is 7.69. The standard InChI is InChI=1S/C26H27N3O5/c1-32-24-4-2-3-21(17-24)27-25(30)18-34-23-11-5-19(6-12-23)26(31)28-20-7-9-22(10-8-20)29-13-15-33-16-14-29/h2-12,17H,13-16,18H2,1H3,(H,27,30)(H,28,31). The Morgan fingerprint density at radius 3 is 2.32 bits per heavy atom. The number of carbonyl (C=O) groups is 2. The molecular formula is C26H27N3O5. The number of methoxy groups -OCH3 is 1. The molecule has 8 heteroatoms. The van der Waals surface area contributed by atoms with E-state index in [4.69, 9.17) is 14.2 Å². The minimum absolute atomic E-state index is 0.155. The molecule has 0 radical (unpaired) electrons. The van der Waals surface area contributed by atoms with E-state index in [0.717, 1.165) is 37.7 Å². The molecule has 0 atom stereocenters. The molecule has 2 N–H and O–H groups in total. The van der Waals surface area contributed by atoms with E-state index in [1.807, 2.05) is 24.3 Å². The van der Waals surface area contributed by atoms with Crippen LogP contribution in [0.1, 0.15) is 10.4 Å². The predicted molar refractivity (Wildman–Crippen MR) is 131 cm³/mol. The van der Waals surface area contributed by atoms with Gasteiger partial charge in [0.1, 0.15) is 11.5 Å². The van der Waals surface area contributed by atoms with Crippen molar-refractivity contribution in [3.8, 4) is 11.5 Å². The Balaban J connectivity index is 1.26. The molecule has 0 saturated carbocycles. The van der Waals surface area contributed by atoms with Gasteiger partial charge in [0.05, 0.1) is 20.3 Å². The molecule has 3 aromatic rings. The third-order valence-corrected chi connectivity index (χ3v) is 5.34. The SMILES string of the molecule is COc1cccc(NC(=O)COc2ccc(C(=O)Nc3ccc(N4CCOCC4)cc3)cc2)c1. The fourth-order valence-electron chi connectivity index (χ4n) is 3.53. The van der Waals surface area contributed by atoms with Gasteiger partial charge in [-0.05, 0) is 60.7 Å². The Labute approximate surface area is 198 Å². The third kappa shape index (κ3) is 6.26. The summed E-state index contributed by atoms with van der Waals surface area (Å²) >= 11 is 0. The molecule has 34 heavy (non-hydrogen) atoms. The third-order valence-electron chi connectivity index (χ3n) is 5.34. The summed E-state index contributed by atoms with van der Waals surface area (Å²) in [6.45, 7) is 3.03. The van der Waals surface area contributed by atoms with Crippen LogP contribution in [0.25, 0.3) is 0 Å². The fourth-order valence-corrected chi connectivity index (χ4v) is 3.53. The van der Waals surface area contributed by atoms with Crippen molar-refractivity contribution in [3.05, 3.63) is 78.4 Å². The van der Waals surface area contributed by atoms with Crippen molar-refractivity contribution in [1.29, 1.82) is 0 Å². The molecule has 0 aliphatic carbocycles. The number of ether oxygens (including phenoxy) is 3. The van der Waals surface area contributed by atoms with Crippen molar-refractivity contribution >= 4 is 28.9 Å². The zero-order valence-electron chi connectivity index (χ0n) is 19.0. The highest BCUT2D eigenvalue weighted by atomic mass is 16.5. The lowest BCUT2D eigenvalue weighted by molar-refractivity contribution is -0.118. The summed E-state index contributed by atoms with van der Waals surface area (Å²) in [6.07, 6.45) is 0. The van der Waals surface area contributed by atoms with E-state index in [1.165, 1.54) is 0 Å². The maximum Gasteiger partial charge on any atom is 0.262 e. The van der Waals surface area contributed by atoms with Gasteiger partial charge in [-0.1, -0.05) is 6.07 Å². The first kappa shape index (κ1) is 23.1. The van der Waals surface area contributed by atoms with Gasteiger partial charge in [-0.2, -0.15) is 0 Å². The number of benzene rings is 3. The van der Waals surface area contributed by atoms with Crippen LogP contribution in [0.15, 0.2) is 72.8 Å². The molecule has 1 saturated heterocycles. The van der Waals surface area contributed by atoms with Crippen molar-refractivity contribution in [2.45, 2.75) is 0 Å². The average molecular weight is 462 g/mol. The number of amides is 2. The first-order valence-corrected chi connectivity index (χ1v) is 11.0. The fraction of sp³-hybridized carbons (Fsp3) is 0.231. The van der Waals surface area contributed by atoms with Gasteiger partial charge in [0, 0.05) is 41.8 Å². The van der Waals surface area contributed by atoms with E-state index in [0.29, 0.717) is 22.7 Å². The first-order valence-electron chi connectivity index (χ1n) is 11.0. The lowest BCUT2D eigenvalue weighted by atomic mass is 10.2. The summed E-state index contributed by atoms with van der Waals surface area (Å²) in [6, 6.07) is 21.5. The molecule has 4 rings (SSSR count). The van der Waals surface area contributed by atoms with Gasteiger partial charge in [-0.25, -0.2) is 0 Å². The Morgan fingerprint density at radius 2 is 1.62 bits per heavy atom. The highest BCUT2D eigenvalue weighted by Crippen LogP contribution is 2.20. The molecule has 1 aliphatic rings. The summed E-state index contributed by atoms with van der Waals surface area (Å²) in [5, 5.41) is 5.65. The number of anilines is 3. The molecule has 176 valence electrons. The van der Waals surface area contributed by atoms with E-state index in [9.17, 15) is 9.59 Å². The van der Waals surface area contributed by atoms with Gasteiger partial charge in [-0.15, -0.1) is 0 Å². The molecule has 3 aromatic carbocycles. The summed E-state index contributed by atoms with van der Waals surface area (Å²) in [5.74, 6) is 0.630. The molecule has 0 bridgehead atoms. The minimum Gasteiger partial charge on any atom is -0.497 e. The minimum atomic E-state index is -0.296. The second-order valence-corrected chi connectivity index (χ2v) is 7.69. The number of hydrogen-bond acceptors (Lipinski definition) is 6. The Kier molecular flexibility index (Phi) is 7.62. The van der Waals surface area contributed by atoms with E-state index in [1.54, 1.807) is 55.6 Å². The maximum absolute atomic E-state index is 12.6. The van der Waals surface area contributed by atoms with Crippen LogP contribution in [-0.2, 0) is 9.53 Å². The Hall–Kier alpha value is -4.04. The summed E-state index contributed by atoms with van der Waals surface area (Å²) in [5.41, 5.74) is 2.94.